The molecule has 90 valence electrons. The van der Waals surface area contributed by atoms with Gasteiger partial charge in [0.15, 0.2) is 5.58 Å². The van der Waals surface area contributed by atoms with Gasteiger partial charge in [-0.15, -0.1) is 0 Å². The van der Waals surface area contributed by atoms with Crippen molar-refractivity contribution in [2.45, 2.75) is 26.3 Å². The van der Waals surface area contributed by atoms with Crippen LogP contribution in [0.15, 0.2) is 22.6 Å². The lowest BCUT2D eigenvalue weighted by Gasteiger charge is -2.10. The van der Waals surface area contributed by atoms with E-state index < -0.39 is 0 Å². The number of oxazole rings is 1. The largest absolute Gasteiger partial charge is 0.428 e. The normalized spacial score (nSPS) is 12.6. The van der Waals surface area contributed by atoms with E-state index in [1.165, 1.54) is 0 Å². The zero-order valence-corrected chi connectivity index (χ0v) is 10.4. The second-order valence-corrected chi connectivity index (χ2v) is 4.26. The summed E-state index contributed by atoms with van der Waals surface area (Å²) in [5.41, 5.74) is 1.72. The minimum atomic E-state index is -0.117. The van der Waals surface area contributed by atoms with Gasteiger partial charge in [-0.3, -0.25) is 4.79 Å². The van der Waals surface area contributed by atoms with Crippen molar-refractivity contribution in [1.82, 2.24) is 10.3 Å². The molecule has 17 heavy (non-hydrogen) atoms. The lowest BCUT2D eigenvalue weighted by atomic mass is 10.1. The molecule has 0 spiro atoms. The highest BCUT2D eigenvalue weighted by molar-refractivity contribution is 6.28. The summed E-state index contributed by atoms with van der Waals surface area (Å²) in [5.74, 6) is -0.117. The Morgan fingerprint density at radius 1 is 1.59 bits per heavy atom. The predicted octanol–water partition coefficient (Wildman–Crippen LogP) is 3.01. The molecule has 0 aliphatic rings. The molecule has 0 saturated heterocycles. The van der Waals surface area contributed by atoms with Crippen molar-refractivity contribution in [2.24, 2.45) is 0 Å². The van der Waals surface area contributed by atoms with E-state index >= 15 is 0 Å². The summed E-state index contributed by atoms with van der Waals surface area (Å²) < 4.78 is 5.16. The van der Waals surface area contributed by atoms with E-state index in [0.29, 0.717) is 16.7 Å². The number of amides is 1. The number of carbonyl (C=O) groups is 1. The Kier molecular flexibility index (Phi) is 3.33. The number of nitrogens with zero attached hydrogens (tertiary/aromatic N) is 1. The molecule has 1 amide bonds. The molecule has 0 saturated carbocycles. The Balaban J connectivity index is 2.26. The van der Waals surface area contributed by atoms with E-state index in [9.17, 15) is 4.79 Å². The first-order valence-corrected chi connectivity index (χ1v) is 5.85. The number of fused-ring (bicyclic) bond motifs is 1. The molecule has 1 atom stereocenters. The highest BCUT2D eigenvalue weighted by atomic mass is 35.5. The van der Waals surface area contributed by atoms with Gasteiger partial charge in [-0.1, -0.05) is 6.92 Å². The van der Waals surface area contributed by atoms with Gasteiger partial charge in [-0.25, -0.2) is 0 Å². The minimum Gasteiger partial charge on any atom is -0.428 e. The van der Waals surface area contributed by atoms with Crippen LogP contribution in [-0.2, 0) is 0 Å². The molecule has 5 heteroatoms. The molecule has 1 aromatic carbocycles. The van der Waals surface area contributed by atoms with Gasteiger partial charge in [0.25, 0.3) is 11.3 Å². The van der Waals surface area contributed by atoms with Crippen LogP contribution in [0.4, 0.5) is 0 Å². The Labute approximate surface area is 104 Å². The van der Waals surface area contributed by atoms with Gasteiger partial charge < -0.3 is 9.73 Å². The first-order chi connectivity index (χ1) is 8.10. The maximum atomic E-state index is 11.9. The van der Waals surface area contributed by atoms with Crippen LogP contribution >= 0.6 is 11.6 Å². The number of rotatable bonds is 3. The van der Waals surface area contributed by atoms with E-state index in [2.05, 4.69) is 10.3 Å². The molecular formula is C12H13ClN2O2. The molecule has 0 aliphatic heterocycles. The average molecular weight is 253 g/mol. The molecule has 2 aromatic rings. The van der Waals surface area contributed by atoms with Crippen LogP contribution < -0.4 is 5.32 Å². The minimum absolute atomic E-state index is 0.0829. The highest BCUT2D eigenvalue weighted by Crippen LogP contribution is 2.20. The van der Waals surface area contributed by atoms with Gasteiger partial charge >= 0.3 is 0 Å². The smallest absolute Gasteiger partial charge is 0.293 e. The van der Waals surface area contributed by atoms with Crippen molar-refractivity contribution in [3.8, 4) is 0 Å². The Morgan fingerprint density at radius 2 is 2.35 bits per heavy atom. The van der Waals surface area contributed by atoms with Gasteiger partial charge in [-0.2, -0.15) is 4.98 Å². The molecule has 4 nitrogen and oxygen atoms in total. The summed E-state index contributed by atoms with van der Waals surface area (Å²) in [6.07, 6.45) is 0.891. The zero-order chi connectivity index (χ0) is 12.4. The number of nitrogens with one attached hydrogen (secondary N) is 1. The highest BCUT2D eigenvalue weighted by Gasteiger charge is 2.11. The third-order valence-electron chi connectivity index (χ3n) is 2.61. The van der Waals surface area contributed by atoms with Crippen molar-refractivity contribution in [3.63, 3.8) is 0 Å². The summed E-state index contributed by atoms with van der Waals surface area (Å²) in [4.78, 5) is 15.8. The van der Waals surface area contributed by atoms with Crippen LogP contribution in [-0.4, -0.2) is 16.9 Å². The first kappa shape index (κ1) is 11.9. The molecule has 2 rings (SSSR count). The lowest BCUT2D eigenvalue weighted by molar-refractivity contribution is 0.0939. The third-order valence-corrected chi connectivity index (χ3v) is 2.78. The maximum absolute atomic E-state index is 11.9. The SMILES string of the molecule is CCC(C)NC(=O)c1ccc2nc(Cl)oc2c1. The van der Waals surface area contributed by atoms with Gasteiger partial charge in [0.1, 0.15) is 5.52 Å². The van der Waals surface area contributed by atoms with E-state index in [4.69, 9.17) is 16.0 Å². The predicted molar refractivity (Wildman–Crippen MR) is 66.2 cm³/mol. The fourth-order valence-electron chi connectivity index (χ4n) is 1.45. The molecule has 1 unspecified atom stereocenters. The van der Waals surface area contributed by atoms with Crippen LogP contribution in [0.25, 0.3) is 11.1 Å². The topological polar surface area (TPSA) is 55.1 Å². The van der Waals surface area contributed by atoms with Crippen LogP contribution in [0.5, 0.6) is 0 Å². The monoisotopic (exact) mass is 252 g/mol. The fourth-order valence-corrected chi connectivity index (χ4v) is 1.62. The number of aromatic nitrogens is 1. The standard InChI is InChI=1S/C12H13ClN2O2/c1-3-7(2)14-11(16)8-4-5-9-10(6-8)17-12(13)15-9/h4-7H,3H2,1-2H3,(H,14,16). The van der Waals surface area contributed by atoms with Gasteiger partial charge in [0, 0.05) is 11.6 Å². The zero-order valence-electron chi connectivity index (χ0n) is 9.66. The van der Waals surface area contributed by atoms with Crippen LogP contribution in [0.2, 0.25) is 5.35 Å². The van der Waals surface area contributed by atoms with Crippen molar-refractivity contribution < 1.29 is 9.21 Å². The van der Waals surface area contributed by atoms with E-state index in [1.807, 2.05) is 13.8 Å². The Bertz CT molecular complexity index is 550. The van der Waals surface area contributed by atoms with Crippen LogP contribution in [0.3, 0.4) is 0 Å². The van der Waals surface area contributed by atoms with Crippen molar-refractivity contribution >= 4 is 28.6 Å². The van der Waals surface area contributed by atoms with Crippen LogP contribution in [0, 0.1) is 0 Å². The first-order valence-electron chi connectivity index (χ1n) is 5.47. The summed E-state index contributed by atoms with van der Waals surface area (Å²) in [6.45, 7) is 3.98. The van der Waals surface area contributed by atoms with E-state index in [1.54, 1.807) is 18.2 Å². The Morgan fingerprint density at radius 3 is 3.06 bits per heavy atom. The summed E-state index contributed by atoms with van der Waals surface area (Å²) in [5, 5.41) is 2.97. The van der Waals surface area contributed by atoms with E-state index in [-0.39, 0.29) is 17.3 Å². The number of benzene rings is 1. The van der Waals surface area contributed by atoms with Crippen molar-refractivity contribution in [2.75, 3.05) is 0 Å². The molecule has 0 fully saturated rings. The number of halogens is 1. The molecule has 0 radical (unpaired) electrons. The third kappa shape index (κ3) is 2.58. The fraction of sp³-hybridized carbons (Fsp3) is 0.333. The number of hydrogen-bond donors (Lipinski definition) is 1. The van der Waals surface area contributed by atoms with Gasteiger partial charge in [0.05, 0.1) is 0 Å². The van der Waals surface area contributed by atoms with E-state index in [0.717, 1.165) is 6.42 Å². The number of hydrogen-bond acceptors (Lipinski definition) is 3. The molecule has 1 aromatic heterocycles. The quantitative estimate of drug-likeness (QED) is 0.914. The molecule has 1 heterocycles. The lowest BCUT2D eigenvalue weighted by Crippen LogP contribution is -2.31. The average Bonchev–Trinajstić information content (AvgIpc) is 2.67. The second-order valence-electron chi connectivity index (χ2n) is 3.93. The second kappa shape index (κ2) is 4.75. The molecular weight excluding hydrogens is 240 g/mol. The van der Waals surface area contributed by atoms with Crippen molar-refractivity contribution in [1.29, 1.82) is 0 Å². The maximum Gasteiger partial charge on any atom is 0.293 e. The summed E-state index contributed by atoms with van der Waals surface area (Å²) in [7, 11) is 0. The Hall–Kier alpha value is -1.55. The molecule has 1 N–H and O–H groups in total. The van der Waals surface area contributed by atoms with Crippen LogP contribution in [0.1, 0.15) is 30.6 Å². The summed E-state index contributed by atoms with van der Waals surface area (Å²) >= 11 is 5.64. The number of carbonyl (C=O) groups excluding carboxylic acids is 1. The molecule has 0 aliphatic carbocycles. The van der Waals surface area contributed by atoms with Gasteiger partial charge in [0.2, 0.25) is 0 Å². The summed E-state index contributed by atoms with van der Waals surface area (Å²) in [6, 6.07) is 5.22. The molecule has 0 bridgehead atoms. The van der Waals surface area contributed by atoms with Crippen molar-refractivity contribution in [3.05, 3.63) is 29.1 Å². The van der Waals surface area contributed by atoms with Gasteiger partial charge in [-0.05, 0) is 43.1 Å².